The summed E-state index contributed by atoms with van der Waals surface area (Å²) in [6.45, 7) is 7.76. The number of halogens is 2. The molecule has 138 valence electrons. The molecule has 1 atom stereocenters. The van der Waals surface area contributed by atoms with E-state index in [4.69, 9.17) is 9.47 Å². The van der Waals surface area contributed by atoms with Crippen LogP contribution >= 0.6 is 24.8 Å². The third-order valence-electron chi connectivity index (χ3n) is 4.10. The van der Waals surface area contributed by atoms with Crippen molar-refractivity contribution in [3.05, 3.63) is 30.4 Å². The summed E-state index contributed by atoms with van der Waals surface area (Å²) >= 11 is 0. The van der Waals surface area contributed by atoms with Gasteiger partial charge in [-0.25, -0.2) is 0 Å². The number of phenols is 1. The maximum absolute atomic E-state index is 9.85. The normalized spacial score (nSPS) is 15.6. The molecule has 0 radical (unpaired) electrons. The average molecular weight is 379 g/mol. The van der Waals surface area contributed by atoms with Crippen LogP contribution in [0.3, 0.4) is 0 Å². The third-order valence-corrected chi connectivity index (χ3v) is 4.10. The Hall–Kier alpha value is -1.14. The number of allylic oxidation sites excluding steroid dienone is 1. The SMILES string of the molecule is C=CCC[C@H](c1c(OC)cc(O)cc1OC)N1CCNCC1.Cl.Cl. The van der Waals surface area contributed by atoms with E-state index in [0.717, 1.165) is 44.6 Å². The monoisotopic (exact) mass is 378 g/mol. The molecule has 0 aromatic heterocycles. The lowest BCUT2D eigenvalue weighted by atomic mass is 9.97. The predicted octanol–water partition coefficient (Wildman–Crippen LogP) is 3.17. The van der Waals surface area contributed by atoms with Gasteiger partial charge >= 0.3 is 0 Å². The van der Waals surface area contributed by atoms with Crippen molar-refractivity contribution < 1.29 is 14.6 Å². The Morgan fingerprint density at radius 3 is 2.21 bits per heavy atom. The van der Waals surface area contributed by atoms with Crippen LogP contribution in [-0.2, 0) is 0 Å². The van der Waals surface area contributed by atoms with Gasteiger partial charge in [0.15, 0.2) is 0 Å². The molecule has 1 saturated heterocycles. The fourth-order valence-electron chi connectivity index (χ4n) is 3.03. The summed E-state index contributed by atoms with van der Waals surface area (Å²) in [6, 6.07) is 3.49. The lowest BCUT2D eigenvalue weighted by Gasteiger charge is -2.36. The van der Waals surface area contributed by atoms with Crippen molar-refractivity contribution in [3.8, 4) is 17.2 Å². The zero-order valence-corrected chi connectivity index (χ0v) is 15.9. The van der Waals surface area contributed by atoms with E-state index in [1.807, 2.05) is 6.08 Å². The molecule has 0 spiro atoms. The van der Waals surface area contributed by atoms with Gasteiger partial charge in [0.1, 0.15) is 17.2 Å². The van der Waals surface area contributed by atoms with E-state index in [-0.39, 0.29) is 36.6 Å². The molecule has 2 rings (SSSR count). The van der Waals surface area contributed by atoms with Crippen LogP contribution in [-0.4, -0.2) is 50.4 Å². The van der Waals surface area contributed by atoms with Crippen LogP contribution in [0.1, 0.15) is 24.4 Å². The van der Waals surface area contributed by atoms with Crippen LogP contribution < -0.4 is 14.8 Å². The number of rotatable bonds is 7. The third kappa shape index (κ3) is 5.45. The van der Waals surface area contributed by atoms with E-state index in [9.17, 15) is 5.11 Å². The Labute approximate surface area is 156 Å². The maximum Gasteiger partial charge on any atom is 0.131 e. The molecular formula is C17H28Cl2N2O3. The second kappa shape index (κ2) is 11.4. The smallest absolute Gasteiger partial charge is 0.131 e. The van der Waals surface area contributed by atoms with Crippen LogP contribution in [0.5, 0.6) is 17.2 Å². The molecule has 1 aliphatic heterocycles. The first kappa shape index (κ1) is 22.9. The molecular weight excluding hydrogens is 351 g/mol. The Morgan fingerprint density at radius 2 is 1.75 bits per heavy atom. The molecule has 1 aliphatic rings. The quantitative estimate of drug-likeness (QED) is 0.713. The number of phenolic OH excluding ortho intramolecular Hbond substituents is 1. The lowest BCUT2D eigenvalue weighted by Crippen LogP contribution is -2.45. The van der Waals surface area contributed by atoms with Crippen molar-refractivity contribution in [2.75, 3.05) is 40.4 Å². The number of ether oxygens (including phenoxy) is 2. The number of hydrogen-bond donors (Lipinski definition) is 2. The highest BCUT2D eigenvalue weighted by Crippen LogP contribution is 2.42. The van der Waals surface area contributed by atoms with Crippen molar-refractivity contribution in [2.45, 2.75) is 18.9 Å². The molecule has 1 fully saturated rings. The molecule has 1 heterocycles. The van der Waals surface area contributed by atoms with Gasteiger partial charge in [0, 0.05) is 44.4 Å². The van der Waals surface area contributed by atoms with E-state index in [0.29, 0.717) is 11.5 Å². The van der Waals surface area contributed by atoms with Gasteiger partial charge in [-0.05, 0) is 12.8 Å². The van der Waals surface area contributed by atoms with Gasteiger partial charge < -0.3 is 19.9 Å². The van der Waals surface area contributed by atoms with Gasteiger partial charge in [-0.15, -0.1) is 31.4 Å². The van der Waals surface area contributed by atoms with Crippen LogP contribution in [0.15, 0.2) is 24.8 Å². The predicted molar refractivity (Wildman–Crippen MR) is 102 cm³/mol. The Balaban J connectivity index is 0.00000264. The highest BCUT2D eigenvalue weighted by Gasteiger charge is 2.28. The molecule has 2 N–H and O–H groups in total. The highest BCUT2D eigenvalue weighted by atomic mass is 35.5. The first-order valence-electron chi connectivity index (χ1n) is 7.71. The highest BCUT2D eigenvalue weighted by molar-refractivity contribution is 5.85. The van der Waals surface area contributed by atoms with Gasteiger partial charge in [0.25, 0.3) is 0 Å². The van der Waals surface area contributed by atoms with Gasteiger partial charge in [0.2, 0.25) is 0 Å². The number of benzene rings is 1. The first-order chi connectivity index (χ1) is 10.7. The van der Waals surface area contributed by atoms with E-state index >= 15 is 0 Å². The standard InChI is InChI=1S/C17H26N2O3.2ClH/c1-4-5-6-14(19-9-7-18-8-10-19)17-15(21-2)11-13(20)12-16(17)22-3;;/h4,11-12,14,18,20H,1,5-10H2,2-3H3;2*1H/t14-;;/m1../s1. The van der Waals surface area contributed by atoms with Crippen molar-refractivity contribution in [2.24, 2.45) is 0 Å². The summed E-state index contributed by atoms with van der Waals surface area (Å²) < 4.78 is 11.0. The summed E-state index contributed by atoms with van der Waals surface area (Å²) in [5, 5.41) is 13.2. The lowest BCUT2D eigenvalue weighted by molar-refractivity contribution is 0.160. The molecule has 7 heteroatoms. The second-order valence-corrected chi connectivity index (χ2v) is 5.43. The molecule has 5 nitrogen and oxygen atoms in total. The summed E-state index contributed by atoms with van der Waals surface area (Å²) in [6.07, 6.45) is 3.80. The topological polar surface area (TPSA) is 54.0 Å². The number of nitrogens with one attached hydrogen (secondary N) is 1. The molecule has 1 aromatic rings. The van der Waals surface area contributed by atoms with E-state index < -0.39 is 0 Å². The summed E-state index contributed by atoms with van der Waals surface area (Å²) in [7, 11) is 3.25. The fraction of sp³-hybridized carbons (Fsp3) is 0.529. The van der Waals surface area contributed by atoms with Crippen molar-refractivity contribution in [1.82, 2.24) is 10.2 Å². The van der Waals surface area contributed by atoms with Crippen LogP contribution in [0.25, 0.3) is 0 Å². The Kier molecular flexibility index (Phi) is 10.9. The Bertz CT molecular complexity index is 484. The fourth-order valence-corrected chi connectivity index (χ4v) is 3.03. The van der Waals surface area contributed by atoms with E-state index in [2.05, 4.69) is 16.8 Å². The number of nitrogens with zero attached hydrogens (tertiary/aromatic N) is 1. The summed E-state index contributed by atoms with van der Waals surface area (Å²) in [5.74, 6) is 1.49. The molecule has 0 unspecified atom stereocenters. The van der Waals surface area contributed by atoms with Gasteiger partial charge in [-0.2, -0.15) is 0 Å². The number of piperazine rings is 1. The van der Waals surface area contributed by atoms with E-state index in [1.165, 1.54) is 0 Å². The van der Waals surface area contributed by atoms with Gasteiger partial charge in [-0.1, -0.05) is 6.08 Å². The van der Waals surface area contributed by atoms with E-state index in [1.54, 1.807) is 26.4 Å². The van der Waals surface area contributed by atoms with Crippen molar-refractivity contribution >= 4 is 24.8 Å². The van der Waals surface area contributed by atoms with Crippen molar-refractivity contribution in [1.29, 1.82) is 0 Å². The van der Waals surface area contributed by atoms with Gasteiger partial charge in [0.05, 0.1) is 19.8 Å². The van der Waals surface area contributed by atoms with Crippen molar-refractivity contribution in [3.63, 3.8) is 0 Å². The average Bonchev–Trinajstić information content (AvgIpc) is 2.56. The molecule has 1 aromatic carbocycles. The first-order valence-corrected chi connectivity index (χ1v) is 7.71. The van der Waals surface area contributed by atoms with Gasteiger partial charge in [-0.3, -0.25) is 4.90 Å². The van der Waals surface area contributed by atoms with Crippen LogP contribution in [0.4, 0.5) is 0 Å². The van der Waals surface area contributed by atoms with Crippen LogP contribution in [0.2, 0.25) is 0 Å². The molecule has 0 saturated carbocycles. The summed E-state index contributed by atoms with van der Waals surface area (Å²) in [5.41, 5.74) is 1.01. The minimum atomic E-state index is 0. The molecule has 0 amide bonds. The zero-order valence-electron chi connectivity index (χ0n) is 14.3. The number of hydrogen-bond acceptors (Lipinski definition) is 5. The summed E-state index contributed by atoms with van der Waals surface area (Å²) in [4.78, 5) is 2.44. The largest absolute Gasteiger partial charge is 0.508 e. The van der Waals surface area contributed by atoms with Crippen LogP contribution in [0, 0.1) is 0 Å². The number of methoxy groups -OCH3 is 2. The maximum atomic E-state index is 9.85. The Morgan fingerprint density at radius 1 is 1.21 bits per heavy atom. The second-order valence-electron chi connectivity index (χ2n) is 5.43. The molecule has 0 bridgehead atoms. The minimum Gasteiger partial charge on any atom is -0.508 e. The minimum absolute atomic E-state index is 0. The number of aromatic hydroxyl groups is 1. The molecule has 24 heavy (non-hydrogen) atoms. The zero-order chi connectivity index (χ0) is 15.9. The molecule has 0 aliphatic carbocycles.